The molecular weight excluding hydrogens is 446 g/mol. The summed E-state index contributed by atoms with van der Waals surface area (Å²) in [6, 6.07) is 0. The minimum Gasteiger partial charge on any atom is -0.325 e. The number of hydrogen-bond donors (Lipinski definition) is 6. The predicted octanol–water partition coefficient (Wildman–Crippen LogP) is 2.05. The van der Waals surface area contributed by atoms with E-state index in [1.54, 1.807) is 0 Å². The zero-order valence-corrected chi connectivity index (χ0v) is 20.2. The lowest BCUT2D eigenvalue weighted by Crippen LogP contribution is -1.89. The van der Waals surface area contributed by atoms with Crippen molar-refractivity contribution in [2.45, 2.75) is 46.5 Å². The molecule has 0 saturated heterocycles. The lowest BCUT2D eigenvalue weighted by Gasteiger charge is -2.04. The quantitative estimate of drug-likeness (QED) is 0.340. The van der Waals surface area contributed by atoms with Crippen molar-refractivity contribution in [2.24, 2.45) is 5.92 Å². The van der Waals surface area contributed by atoms with Crippen LogP contribution in [0, 0.1) is 5.92 Å². The van der Waals surface area contributed by atoms with Gasteiger partial charge >= 0.3 is 13.4 Å². The maximum absolute atomic E-state index is 7.56. The van der Waals surface area contributed by atoms with Gasteiger partial charge in [0, 0.05) is 0 Å². The summed E-state index contributed by atoms with van der Waals surface area (Å²) in [6.07, 6.45) is 5.53. The highest BCUT2D eigenvalue weighted by Crippen LogP contribution is 2.26. The maximum atomic E-state index is 7.56. The molecule has 1 atom stereocenters. The Hall–Kier alpha value is 2.46. The van der Waals surface area contributed by atoms with Crippen LogP contribution in [-0.4, -0.2) is 29.4 Å². The number of hydrogen-bond acceptors (Lipinski definition) is 2. The van der Waals surface area contributed by atoms with Crippen molar-refractivity contribution in [3.63, 3.8) is 0 Å². The minimum absolute atomic E-state index is 0. The average Bonchev–Trinajstić information content (AvgIpc) is 2.08. The van der Waals surface area contributed by atoms with Gasteiger partial charge in [-0.05, 0) is 29.5 Å². The van der Waals surface area contributed by atoms with Crippen LogP contribution in [0.4, 0.5) is 0 Å². The van der Waals surface area contributed by atoms with Crippen molar-refractivity contribution >= 4 is 91.0 Å². The smallest absolute Gasteiger partial charge is 0.319 e. The fourth-order valence-electron chi connectivity index (χ4n) is 0.757. The lowest BCUT2D eigenvalue weighted by molar-refractivity contribution is 0.361. The minimum atomic E-state index is -3.81. The summed E-state index contributed by atoms with van der Waals surface area (Å²) in [4.78, 5) is 45.3. The summed E-state index contributed by atoms with van der Waals surface area (Å²) in [7, 11) is 0. The van der Waals surface area contributed by atoms with Crippen LogP contribution in [0.3, 0.4) is 0 Å². The highest BCUT2D eigenvalue weighted by Gasteiger charge is 1.94. The van der Waals surface area contributed by atoms with Gasteiger partial charge in [-0.15, -0.1) is 0 Å². The molecule has 1 unspecified atom stereocenters. The van der Waals surface area contributed by atoms with Crippen LogP contribution in [0.5, 0.6) is 0 Å². The molecule has 0 saturated carbocycles. The first-order valence-electron chi connectivity index (χ1n) is 5.37. The largest absolute Gasteiger partial charge is 0.325 e. The fourth-order valence-corrected chi connectivity index (χ4v) is 0.757. The zero-order chi connectivity index (χ0) is 15.4. The molecule has 6 N–H and O–H groups in total. The van der Waals surface area contributed by atoms with Crippen molar-refractivity contribution < 1.29 is 29.4 Å². The van der Waals surface area contributed by atoms with Crippen LogP contribution >= 0.6 is 67.4 Å². The Morgan fingerprint density at radius 2 is 1.00 bits per heavy atom. The normalized spacial score (nSPS) is 10.4. The third-order valence-corrected chi connectivity index (χ3v) is 1.75. The van der Waals surface area contributed by atoms with E-state index < -0.39 is 13.4 Å². The Labute approximate surface area is 172 Å². The Bertz CT molecular complexity index is 237. The molecule has 0 aromatic rings. The van der Waals surface area contributed by atoms with Gasteiger partial charge in [-0.25, -0.2) is 0 Å². The van der Waals surface area contributed by atoms with E-state index in [0.717, 1.165) is 5.92 Å². The molecule has 0 bridgehead atoms. The first-order valence-corrected chi connectivity index (χ1v) is 10.7. The summed E-state index contributed by atoms with van der Waals surface area (Å²) in [5, 5.41) is 0. The van der Waals surface area contributed by atoms with E-state index in [1.165, 1.54) is 25.7 Å². The molecule has 146 valence electrons. The monoisotopic (exact) mass is 478 g/mol. The van der Waals surface area contributed by atoms with E-state index in [2.05, 4.69) is 44.4 Å². The summed E-state index contributed by atoms with van der Waals surface area (Å²) in [5.41, 5.74) is 0. The molecule has 0 amide bonds. The molecule has 0 aromatic carbocycles. The molecule has 14 heteroatoms. The predicted molar refractivity (Wildman–Crippen MR) is 122 cm³/mol. The molecular formula is C8H32O6P2S6. The van der Waals surface area contributed by atoms with Crippen LogP contribution in [0.1, 0.15) is 46.5 Å². The van der Waals surface area contributed by atoms with Crippen molar-refractivity contribution in [1.82, 2.24) is 0 Å². The Kier molecular flexibility index (Phi) is 51.6. The van der Waals surface area contributed by atoms with Crippen LogP contribution in [0.25, 0.3) is 0 Å². The topological polar surface area (TPSA) is 121 Å². The first-order chi connectivity index (χ1) is 7.81. The van der Waals surface area contributed by atoms with Crippen LogP contribution in [0.15, 0.2) is 0 Å². The molecule has 0 rings (SSSR count). The molecule has 0 heterocycles. The van der Waals surface area contributed by atoms with Gasteiger partial charge in [0.05, 0.1) is 0 Å². The Morgan fingerprint density at radius 1 is 0.773 bits per heavy atom. The second-order valence-electron chi connectivity index (χ2n) is 3.68. The molecule has 22 heavy (non-hydrogen) atoms. The van der Waals surface area contributed by atoms with Gasteiger partial charge in [-0.1, -0.05) is 46.5 Å². The molecule has 0 aliphatic carbocycles. The first kappa shape index (κ1) is 44.2. The van der Waals surface area contributed by atoms with Crippen molar-refractivity contribution in [3.05, 3.63) is 0 Å². The Morgan fingerprint density at radius 3 is 1.14 bits per heavy atom. The summed E-state index contributed by atoms with van der Waals surface area (Å²) in [6.45, 7) is -0.766. The lowest BCUT2D eigenvalue weighted by atomic mass is 10.0. The van der Waals surface area contributed by atoms with E-state index in [1.807, 2.05) is 0 Å². The van der Waals surface area contributed by atoms with Gasteiger partial charge in [0.15, 0.2) is 0 Å². The third-order valence-electron chi connectivity index (χ3n) is 1.75. The van der Waals surface area contributed by atoms with Crippen molar-refractivity contribution in [2.75, 3.05) is 0 Å². The van der Waals surface area contributed by atoms with Crippen molar-refractivity contribution in [1.29, 1.82) is 0 Å². The van der Waals surface area contributed by atoms with E-state index in [-0.39, 0.29) is 54.0 Å². The molecule has 0 aromatic heterocycles. The summed E-state index contributed by atoms with van der Waals surface area (Å²) < 4.78 is 0. The van der Waals surface area contributed by atoms with Gasteiger partial charge < -0.3 is 29.4 Å². The fraction of sp³-hybridized carbons (Fsp3) is 1.00. The van der Waals surface area contributed by atoms with Crippen LogP contribution in [0.2, 0.25) is 0 Å². The molecule has 0 radical (unpaired) electrons. The number of rotatable bonds is 4. The van der Waals surface area contributed by atoms with Crippen LogP contribution < -0.4 is 0 Å². The second-order valence-corrected chi connectivity index (χ2v) is 8.67. The van der Waals surface area contributed by atoms with E-state index in [4.69, 9.17) is 29.4 Å². The summed E-state index contributed by atoms with van der Waals surface area (Å²) in [5.74, 6) is 0.954. The van der Waals surface area contributed by atoms with Gasteiger partial charge in [0.25, 0.3) is 0 Å². The van der Waals surface area contributed by atoms with Crippen molar-refractivity contribution in [3.8, 4) is 0 Å². The van der Waals surface area contributed by atoms with Gasteiger partial charge in [-0.2, -0.15) is 54.0 Å². The molecule has 0 spiro atoms. The molecule has 0 aliphatic rings. The third kappa shape index (κ3) is 145. The van der Waals surface area contributed by atoms with Gasteiger partial charge in [-0.3, -0.25) is 0 Å². The number of unbranched alkanes of at least 4 members (excludes halogenated alkanes) is 1. The average molecular weight is 479 g/mol. The van der Waals surface area contributed by atoms with Gasteiger partial charge in [0.1, 0.15) is 0 Å². The molecule has 0 fully saturated rings. The van der Waals surface area contributed by atoms with Gasteiger partial charge in [0.2, 0.25) is 0 Å². The Balaban J connectivity index is -0.0000000291. The SMILES string of the molecule is CCCCC(C)CC.OP(O)(O)=S.OP(O)(O)=S.S.S.S.S. The van der Waals surface area contributed by atoms with E-state index in [9.17, 15) is 0 Å². The van der Waals surface area contributed by atoms with E-state index in [0.29, 0.717) is 0 Å². The second kappa shape index (κ2) is 25.7. The zero-order valence-electron chi connectivity index (χ0n) is 12.8. The molecule has 6 nitrogen and oxygen atoms in total. The maximum Gasteiger partial charge on any atom is 0.319 e. The highest BCUT2D eigenvalue weighted by molar-refractivity contribution is 8.06. The van der Waals surface area contributed by atoms with Crippen LogP contribution in [-0.2, 0) is 23.6 Å². The standard InChI is InChI=1S/C8H18.2H3O3PS.4H2S/c1-4-6-7-8(3)5-2;2*1-4(2,3)5;;;;/h8H,4-7H2,1-3H3;2*(H3,1,2,3,5);4*1H2. The molecule has 0 aliphatic heterocycles. The summed E-state index contributed by atoms with van der Waals surface area (Å²) >= 11 is 7.21. The highest BCUT2D eigenvalue weighted by atomic mass is 32.5. The van der Waals surface area contributed by atoms with E-state index >= 15 is 0 Å².